The van der Waals surface area contributed by atoms with Crippen LogP contribution in [-0.4, -0.2) is 34.8 Å². The molecule has 1 aliphatic heterocycles. The fourth-order valence-corrected chi connectivity index (χ4v) is 5.40. The van der Waals surface area contributed by atoms with E-state index in [2.05, 4.69) is 34.1 Å². The molecule has 0 atom stereocenters. The second-order valence-corrected chi connectivity index (χ2v) is 9.31. The summed E-state index contributed by atoms with van der Waals surface area (Å²) in [5.74, 6) is 0.573. The Morgan fingerprint density at radius 2 is 1.65 bits per heavy atom. The van der Waals surface area contributed by atoms with Crippen molar-refractivity contribution in [3.8, 4) is 0 Å². The molecular weight excluding hydrogens is 387 g/mol. The van der Waals surface area contributed by atoms with Crippen LogP contribution in [0.4, 0.5) is 4.39 Å². The lowest BCUT2D eigenvalue weighted by molar-refractivity contribution is -0.132. The number of halogens is 1. The van der Waals surface area contributed by atoms with Gasteiger partial charge in [-0.25, -0.2) is 4.39 Å². The Hall–Kier alpha value is -2.20. The number of amides is 1. The first kappa shape index (κ1) is 22.0. The quantitative estimate of drug-likeness (QED) is 0.580. The number of hydrogen-bond donors (Lipinski definition) is 0. The molecule has 0 N–H and O–H groups in total. The highest BCUT2D eigenvalue weighted by Gasteiger charge is 2.26. The molecule has 3 nitrogen and oxygen atoms in total. The van der Waals surface area contributed by atoms with Gasteiger partial charge in [0, 0.05) is 26.1 Å². The van der Waals surface area contributed by atoms with E-state index in [0.717, 1.165) is 51.9 Å². The zero-order valence-electron chi connectivity index (χ0n) is 18.7. The number of benzene rings is 2. The summed E-state index contributed by atoms with van der Waals surface area (Å²) in [6.07, 6.45) is 8.32. The van der Waals surface area contributed by atoms with E-state index >= 15 is 0 Å². The molecule has 166 valence electrons. The molecular formula is C27H35FN2O. The van der Waals surface area contributed by atoms with Crippen molar-refractivity contribution in [2.24, 2.45) is 0 Å². The summed E-state index contributed by atoms with van der Waals surface area (Å²) in [5.41, 5.74) is 3.91. The third-order valence-corrected chi connectivity index (χ3v) is 7.16. The van der Waals surface area contributed by atoms with Crippen molar-refractivity contribution in [2.75, 3.05) is 13.1 Å². The fourth-order valence-electron chi connectivity index (χ4n) is 5.40. The van der Waals surface area contributed by atoms with Gasteiger partial charge in [0.15, 0.2) is 0 Å². The van der Waals surface area contributed by atoms with Gasteiger partial charge in [0.2, 0.25) is 5.91 Å². The Bertz CT molecular complexity index is 852. The Morgan fingerprint density at radius 3 is 2.32 bits per heavy atom. The molecule has 4 heteroatoms. The van der Waals surface area contributed by atoms with Gasteiger partial charge in [-0.15, -0.1) is 0 Å². The maximum Gasteiger partial charge on any atom is 0.219 e. The minimum Gasteiger partial charge on any atom is -0.336 e. The predicted molar refractivity (Wildman–Crippen MR) is 123 cm³/mol. The number of rotatable bonds is 6. The molecule has 2 aromatic carbocycles. The maximum atomic E-state index is 13.2. The van der Waals surface area contributed by atoms with E-state index in [1.165, 1.54) is 36.0 Å². The van der Waals surface area contributed by atoms with E-state index < -0.39 is 0 Å². The van der Waals surface area contributed by atoms with Crippen LogP contribution in [0.1, 0.15) is 74.5 Å². The van der Waals surface area contributed by atoms with Crippen molar-refractivity contribution in [3.63, 3.8) is 0 Å². The fraction of sp³-hybridized carbons (Fsp3) is 0.519. The number of likely N-dealkylation sites (tertiary alicyclic amines) is 1. The standard InChI is InChI=1S/C27H35FN2O/c1-21(31)30(26-8-3-2-4-9-26)20-24-7-5-6-10-27(24)23-15-17-29(18-16-23)19-22-11-13-25(28)14-12-22/h5-7,10-14,23,26H,2-4,8-9,15-20H2,1H3. The van der Waals surface area contributed by atoms with Gasteiger partial charge in [-0.1, -0.05) is 55.7 Å². The summed E-state index contributed by atoms with van der Waals surface area (Å²) in [6, 6.07) is 16.0. The Morgan fingerprint density at radius 1 is 0.968 bits per heavy atom. The second-order valence-electron chi connectivity index (χ2n) is 9.31. The number of nitrogens with zero attached hydrogens (tertiary/aromatic N) is 2. The number of piperidine rings is 1. The van der Waals surface area contributed by atoms with Crippen molar-refractivity contribution >= 4 is 5.91 Å². The summed E-state index contributed by atoms with van der Waals surface area (Å²) >= 11 is 0. The van der Waals surface area contributed by atoms with Crippen molar-refractivity contribution in [2.45, 2.75) is 76.9 Å². The largest absolute Gasteiger partial charge is 0.336 e. The molecule has 0 aromatic heterocycles. The van der Waals surface area contributed by atoms with Crippen LogP contribution in [0.3, 0.4) is 0 Å². The lowest BCUT2D eigenvalue weighted by Crippen LogP contribution is -2.40. The molecule has 1 saturated carbocycles. The van der Waals surface area contributed by atoms with E-state index in [0.29, 0.717) is 12.0 Å². The smallest absolute Gasteiger partial charge is 0.219 e. The Balaban J connectivity index is 1.40. The average Bonchev–Trinajstić information content (AvgIpc) is 2.80. The number of carbonyl (C=O) groups is 1. The minimum atomic E-state index is -0.174. The summed E-state index contributed by atoms with van der Waals surface area (Å²) in [6.45, 7) is 5.45. The zero-order valence-corrected chi connectivity index (χ0v) is 18.7. The van der Waals surface area contributed by atoms with Crippen molar-refractivity contribution in [1.29, 1.82) is 0 Å². The van der Waals surface area contributed by atoms with Crippen LogP contribution in [0, 0.1) is 5.82 Å². The molecule has 4 rings (SSSR count). The van der Waals surface area contributed by atoms with E-state index in [1.807, 2.05) is 12.1 Å². The molecule has 2 aliphatic rings. The van der Waals surface area contributed by atoms with Gasteiger partial charge in [-0.2, -0.15) is 0 Å². The highest BCUT2D eigenvalue weighted by Crippen LogP contribution is 2.33. The van der Waals surface area contributed by atoms with Gasteiger partial charge < -0.3 is 4.90 Å². The molecule has 1 amide bonds. The maximum absolute atomic E-state index is 13.2. The number of carbonyl (C=O) groups excluding carboxylic acids is 1. The monoisotopic (exact) mass is 422 g/mol. The zero-order chi connectivity index (χ0) is 21.6. The summed E-state index contributed by atoms with van der Waals surface area (Å²) in [5, 5.41) is 0. The number of hydrogen-bond acceptors (Lipinski definition) is 2. The third-order valence-electron chi connectivity index (χ3n) is 7.16. The van der Waals surface area contributed by atoms with Crippen LogP contribution in [-0.2, 0) is 17.9 Å². The molecule has 0 spiro atoms. The van der Waals surface area contributed by atoms with Crippen LogP contribution in [0.5, 0.6) is 0 Å². The van der Waals surface area contributed by atoms with Gasteiger partial charge in [0.1, 0.15) is 5.82 Å². The van der Waals surface area contributed by atoms with E-state index in [4.69, 9.17) is 0 Å². The SMILES string of the molecule is CC(=O)N(Cc1ccccc1C1CCN(Cc2ccc(F)cc2)CC1)C1CCCCC1. The lowest BCUT2D eigenvalue weighted by atomic mass is 9.85. The Labute approximate surface area is 186 Å². The van der Waals surface area contributed by atoms with Crippen LogP contribution < -0.4 is 0 Å². The van der Waals surface area contributed by atoms with E-state index in [-0.39, 0.29) is 11.7 Å². The van der Waals surface area contributed by atoms with Crippen LogP contribution in [0.15, 0.2) is 48.5 Å². The van der Waals surface area contributed by atoms with Gasteiger partial charge in [-0.3, -0.25) is 9.69 Å². The van der Waals surface area contributed by atoms with Crippen molar-refractivity contribution in [3.05, 3.63) is 71.0 Å². The third kappa shape index (κ3) is 5.74. The molecule has 0 unspecified atom stereocenters. The first-order valence-electron chi connectivity index (χ1n) is 11.9. The molecule has 0 bridgehead atoms. The predicted octanol–water partition coefficient (Wildman–Crippen LogP) is 5.89. The topological polar surface area (TPSA) is 23.6 Å². The van der Waals surface area contributed by atoms with Crippen molar-refractivity contribution in [1.82, 2.24) is 9.80 Å². The first-order chi connectivity index (χ1) is 15.1. The molecule has 1 aliphatic carbocycles. The van der Waals surface area contributed by atoms with Crippen LogP contribution in [0.25, 0.3) is 0 Å². The van der Waals surface area contributed by atoms with Gasteiger partial charge in [0.05, 0.1) is 0 Å². The summed E-state index contributed by atoms with van der Waals surface area (Å²) in [7, 11) is 0. The van der Waals surface area contributed by atoms with E-state index in [9.17, 15) is 9.18 Å². The van der Waals surface area contributed by atoms with Gasteiger partial charge >= 0.3 is 0 Å². The summed E-state index contributed by atoms with van der Waals surface area (Å²) < 4.78 is 13.2. The molecule has 2 fully saturated rings. The van der Waals surface area contributed by atoms with Crippen LogP contribution in [0.2, 0.25) is 0 Å². The normalized spacial score (nSPS) is 18.8. The lowest BCUT2D eigenvalue weighted by Gasteiger charge is -2.36. The van der Waals surface area contributed by atoms with Gasteiger partial charge in [0.25, 0.3) is 0 Å². The highest BCUT2D eigenvalue weighted by molar-refractivity contribution is 5.73. The molecule has 0 radical (unpaired) electrons. The van der Waals surface area contributed by atoms with E-state index in [1.54, 1.807) is 19.1 Å². The van der Waals surface area contributed by atoms with Crippen LogP contribution >= 0.6 is 0 Å². The van der Waals surface area contributed by atoms with Gasteiger partial charge in [-0.05, 0) is 73.5 Å². The molecule has 1 saturated heterocycles. The highest BCUT2D eigenvalue weighted by atomic mass is 19.1. The van der Waals surface area contributed by atoms with Crippen molar-refractivity contribution < 1.29 is 9.18 Å². The molecule has 31 heavy (non-hydrogen) atoms. The molecule has 1 heterocycles. The Kier molecular flexibility index (Phi) is 7.39. The minimum absolute atomic E-state index is 0.174. The second kappa shape index (κ2) is 10.4. The first-order valence-corrected chi connectivity index (χ1v) is 11.9. The summed E-state index contributed by atoms with van der Waals surface area (Å²) in [4.78, 5) is 17.1. The molecule has 2 aromatic rings. The average molecular weight is 423 g/mol.